The van der Waals surface area contributed by atoms with Gasteiger partial charge in [0.2, 0.25) is 0 Å². The van der Waals surface area contributed by atoms with Crippen molar-refractivity contribution in [1.29, 1.82) is 0 Å². The van der Waals surface area contributed by atoms with Gasteiger partial charge in [0.1, 0.15) is 18.2 Å². The molecule has 37 heavy (non-hydrogen) atoms. The Kier molecular flexibility index (Phi) is 7.15. The minimum absolute atomic E-state index is 0.191. The Hall–Kier alpha value is -3.45. The highest BCUT2D eigenvalue weighted by molar-refractivity contribution is 6.30. The Balaban J connectivity index is 1.61. The fourth-order valence-electron chi connectivity index (χ4n) is 5.29. The molecule has 1 aliphatic carbocycles. The van der Waals surface area contributed by atoms with Crippen molar-refractivity contribution in [2.75, 3.05) is 6.61 Å². The van der Waals surface area contributed by atoms with Crippen molar-refractivity contribution in [3.8, 4) is 17.1 Å². The van der Waals surface area contributed by atoms with Crippen LogP contribution in [0.4, 0.5) is 8.78 Å². The minimum Gasteiger partial charge on any atom is -0.491 e. The molecular formula is C29H27ClF2N2O3. The Morgan fingerprint density at radius 2 is 1.78 bits per heavy atom. The molecule has 0 radical (unpaired) electrons. The molecule has 0 amide bonds. The average Bonchev–Trinajstić information content (AvgIpc) is 3.24. The summed E-state index contributed by atoms with van der Waals surface area (Å²) in [6.45, 7) is 2.07. The summed E-state index contributed by atoms with van der Waals surface area (Å²) in [6.07, 6.45) is 5.29. The van der Waals surface area contributed by atoms with Gasteiger partial charge in [-0.2, -0.15) is 0 Å². The van der Waals surface area contributed by atoms with Gasteiger partial charge >= 0.3 is 5.97 Å². The van der Waals surface area contributed by atoms with E-state index in [1.165, 1.54) is 12.1 Å². The topological polar surface area (TPSA) is 64.3 Å². The first-order chi connectivity index (χ1) is 17.8. The van der Waals surface area contributed by atoms with Gasteiger partial charge in [-0.1, -0.05) is 30.9 Å². The number of carbonyl (C=O) groups is 1. The second kappa shape index (κ2) is 10.5. The molecule has 4 aromatic rings. The number of imidazole rings is 1. The van der Waals surface area contributed by atoms with Crippen LogP contribution in [0.2, 0.25) is 5.02 Å². The standard InChI is InChI=1S/C29H27ClF2N2O3/c1-17-13-20(29(35)36)9-12-27(17)37-16-26(18-5-3-2-4-6-18)34-25-15-23(32)22(31)14-24(25)33-28(34)19-7-10-21(30)11-8-19/h7-15,18,26H,2-6,16H2,1H3,(H,35,36)/t26-/m1/s1. The predicted octanol–water partition coefficient (Wildman–Crippen LogP) is 7.84. The summed E-state index contributed by atoms with van der Waals surface area (Å²) in [7, 11) is 0. The number of halogens is 3. The van der Waals surface area contributed by atoms with Crippen molar-refractivity contribution < 1.29 is 23.4 Å². The third-order valence-electron chi connectivity index (χ3n) is 7.19. The summed E-state index contributed by atoms with van der Waals surface area (Å²) in [6, 6.07) is 14.1. The van der Waals surface area contributed by atoms with E-state index in [4.69, 9.17) is 21.3 Å². The van der Waals surface area contributed by atoms with Gasteiger partial charge in [-0.3, -0.25) is 0 Å². The smallest absolute Gasteiger partial charge is 0.335 e. The van der Waals surface area contributed by atoms with Crippen molar-refractivity contribution in [2.45, 2.75) is 45.1 Å². The minimum atomic E-state index is -0.999. The van der Waals surface area contributed by atoms with E-state index in [0.717, 1.165) is 43.7 Å². The second-order valence-electron chi connectivity index (χ2n) is 9.63. The quantitative estimate of drug-likeness (QED) is 0.267. The van der Waals surface area contributed by atoms with Crippen LogP contribution < -0.4 is 4.74 Å². The van der Waals surface area contributed by atoms with E-state index < -0.39 is 17.6 Å². The number of nitrogens with zero attached hydrogens (tertiary/aromatic N) is 2. The second-order valence-corrected chi connectivity index (χ2v) is 10.1. The van der Waals surface area contributed by atoms with Crippen molar-refractivity contribution in [2.24, 2.45) is 5.92 Å². The van der Waals surface area contributed by atoms with E-state index in [1.54, 1.807) is 31.2 Å². The maximum Gasteiger partial charge on any atom is 0.335 e. The molecule has 0 spiro atoms. The molecule has 0 saturated heterocycles. The number of aromatic nitrogens is 2. The molecule has 1 heterocycles. The molecular weight excluding hydrogens is 498 g/mol. The predicted molar refractivity (Wildman–Crippen MR) is 139 cm³/mol. The van der Waals surface area contributed by atoms with Crippen LogP contribution in [0.1, 0.15) is 54.1 Å². The van der Waals surface area contributed by atoms with Gasteiger partial charge in [0.15, 0.2) is 11.6 Å². The molecule has 1 saturated carbocycles. The summed E-state index contributed by atoms with van der Waals surface area (Å²) in [4.78, 5) is 16.1. The normalized spacial score (nSPS) is 15.1. The summed E-state index contributed by atoms with van der Waals surface area (Å²) < 4.78 is 37.0. The Morgan fingerprint density at radius 3 is 2.46 bits per heavy atom. The van der Waals surface area contributed by atoms with E-state index in [0.29, 0.717) is 33.2 Å². The van der Waals surface area contributed by atoms with Gasteiger partial charge in [-0.25, -0.2) is 18.6 Å². The zero-order chi connectivity index (χ0) is 26.1. The van der Waals surface area contributed by atoms with Gasteiger partial charge in [0, 0.05) is 22.7 Å². The van der Waals surface area contributed by atoms with Crippen LogP contribution >= 0.6 is 11.6 Å². The Bertz CT molecular complexity index is 1450. The number of ether oxygens (including phenoxy) is 1. The molecule has 8 heteroatoms. The van der Waals surface area contributed by atoms with Crippen LogP contribution in [0.25, 0.3) is 22.4 Å². The van der Waals surface area contributed by atoms with Crippen molar-refractivity contribution in [3.05, 3.63) is 82.4 Å². The first kappa shape index (κ1) is 25.2. The fourth-order valence-corrected chi connectivity index (χ4v) is 5.41. The highest BCUT2D eigenvalue weighted by atomic mass is 35.5. The van der Waals surface area contributed by atoms with E-state index in [-0.39, 0.29) is 24.1 Å². The molecule has 1 fully saturated rings. The third kappa shape index (κ3) is 5.18. The van der Waals surface area contributed by atoms with E-state index >= 15 is 0 Å². The van der Waals surface area contributed by atoms with Crippen LogP contribution in [0.5, 0.6) is 5.75 Å². The van der Waals surface area contributed by atoms with Crippen LogP contribution in [0.3, 0.4) is 0 Å². The van der Waals surface area contributed by atoms with Gasteiger partial charge in [-0.15, -0.1) is 0 Å². The molecule has 5 nitrogen and oxygen atoms in total. The summed E-state index contributed by atoms with van der Waals surface area (Å²) in [5.41, 5.74) is 2.55. The van der Waals surface area contributed by atoms with Crippen molar-refractivity contribution >= 4 is 28.6 Å². The van der Waals surface area contributed by atoms with Crippen LogP contribution in [-0.4, -0.2) is 27.2 Å². The molecule has 192 valence electrons. The molecule has 1 N–H and O–H groups in total. The number of carboxylic acid groups (broad SMARTS) is 1. The number of benzene rings is 3. The lowest BCUT2D eigenvalue weighted by molar-refractivity contribution is 0.0696. The number of rotatable bonds is 7. The molecule has 1 aliphatic rings. The Labute approximate surface area is 218 Å². The van der Waals surface area contributed by atoms with Crippen molar-refractivity contribution in [3.63, 3.8) is 0 Å². The number of fused-ring (bicyclic) bond motifs is 1. The monoisotopic (exact) mass is 524 g/mol. The summed E-state index contributed by atoms with van der Waals surface area (Å²) >= 11 is 6.12. The summed E-state index contributed by atoms with van der Waals surface area (Å²) in [5.74, 6) is -1.46. The lowest BCUT2D eigenvalue weighted by atomic mass is 9.83. The largest absolute Gasteiger partial charge is 0.491 e. The van der Waals surface area contributed by atoms with Crippen LogP contribution in [-0.2, 0) is 0 Å². The van der Waals surface area contributed by atoms with Gasteiger partial charge in [0.05, 0.1) is 22.6 Å². The first-order valence-corrected chi connectivity index (χ1v) is 12.8. The third-order valence-corrected chi connectivity index (χ3v) is 7.44. The zero-order valence-electron chi connectivity index (χ0n) is 20.4. The van der Waals surface area contributed by atoms with E-state index in [1.807, 2.05) is 16.7 Å². The average molecular weight is 525 g/mol. The number of aromatic carboxylic acids is 1. The van der Waals surface area contributed by atoms with Gasteiger partial charge in [-0.05, 0) is 73.7 Å². The molecule has 0 unspecified atom stereocenters. The first-order valence-electron chi connectivity index (χ1n) is 12.4. The van der Waals surface area contributed by atoms with Crippen molar-refractivity contribution in [1.82, 2.24) is 9.55 Å². The highest BCUT2D eigenvalue weighted by Crippen LogP contribution is 2.39. The molecule has 3 aromatic carbocycles. The molecule has 5 rings (SSSR count). The lowest BCUT2D eigenvalue weighted by Gasteiger charge is -2.33. The molecule has 0 bridgehead atoms. The Morgan fingerprint density at radius 1 is 1.08 bits per heavy atom. The highest BCUT2D eigenvalue weighted by Gasteiger charge is 2.30. The number of aryl methyl sites for hydroxylation is 1. The molecule has 1 atom stereocenters. The van der Waals surface area contributed by atoms with E-state index in [9.17, 15) is 18.7 Å². The van der Waals surface area contributed by atoms with Crippen LogP contribution in [0.15, 0.2) is 54.6 Å². The fraction of sp³-hybridized carbons (Fsp3) is 0.310. The maximum absolute atomic E-state index is 14.5. The molecule has 0 aliphatic heterocycles. The zero-order valence-corrected chi connectivity index (χ0v) is 21.1. The van der Waals surface area contributed by atoms with Crippen LogP contribution in [0, 0.1) is 24.5 Å². The van der Waals surface area contributed by atoms with Gasteiger partial charge < -0.3 is 14.4 Å². The molecule has 1 aromatic heterocycles. The maximum atomic E-state index is 14.5. The summed E-state index contributed by atoms with van der Waals surface area (Å²) in [5, 5.41) is 9.87. The number of carboxylic acids is 1. The van der Waals surface area contributed by atoms with Gasteiger partial charge in [0.25, 0.3) is 0 Å². The lowest BCUT2D eigenvalue weighted by Crippen LogP contribution is -2.28. The number of hydrogen-bond acceptors (Lipinski definition) is 3. The number of hydrogen-bond donors (Lipinski definition) is 1. The van der Waals surface area contributed by atoms with E-state index in [2.05, 4.69) is 0 Å². The SMILES string of the molecule is Cc1cc(C(=O)O)ccc1OC[C@H](C1CCCCC1)n1c(-c2ccc(Cl)cc2)nc2cc(F)c(F)cc21.